The third-order valence-corrected chi connectivity index (χ3v) is 2.84. The van der Waals surface area contributed by atoms with Crippen LogP contribution in [0.1, 0.15) is 12.6 Å². The monoisotopic (exact) mass is 272 g/mol. The lowest BCUT2D eigenvalue weighted by molar-refractivity contribution is -0.137. The van der Waals surface area contributed by atoms with Gasteiger partial charge >= 0.3 is 5.97 Å². The molecule has 0 radical (unpaired) electrons. The number of nitrogens with zero attached hydrogens (tertiary/aromatic N) is 2. The molecule has 2 aromatic rings. The number of carbonyl (C=O) groups excluding carboxylic acids is 1. The van der Waals surface area contributed by atoms with Crippen molar-refractivity contribution in [3.63, 3.8) is 0 Å². The van der Waals surface area contributed by atoms with Gasteiger partial charge in [0, 0.05) is 12.6 Å². The number of allylic oxidation sites excluding steroid dienone is 1. The van der Waals surface area contributed by atoms with E-state index in [1.54, 1.807) is 24.5 Å². The van der Waals surface area contributed by atoms with Gasteiger partial charge in [0.15, 0.2) is 0 Å². The summed E-state index contributed by atoms with van der Waals surface area (Å²) in [7, 11) is 0. The van der Waals surface area contributed by atoms with Gasteiger partial charge in [0.2, 0.25) is 0 Å². The standard InChI is InChI=1S/C15H16N2O3/c1-3-20-14(18)9-6-10-17-13-8-5-4-7-12(13)16-11(2)15(17)19/h4-9H,3,10H2,1-2H3/b9-6+. The van der Waals surface area contributed by atoms with Gasteiger partial charge in [-0.25, -0.2) is 9.78 Å². The summed E-state index contributed by atoms with van der Waals surface area (Å²) in [6, 6.07) is 7.41. The molecule has 20 heavy (non-hydrogen) atoms. The first kappa shape index (κ1) is 14.0. The van der Waals surface area contributed by atoms with Gasteiger partial charge < -0.3 is 9.30 Å². The molecule has 104 valence electrons. The number of ether oxygens (including phenoxy) is 1. The lowest BCUT2D eigenvalue weighted by Crippen LogP contribution is -2.23. The molecular weight excluding hydrogens is 256 g/mol. The van der Waals surface area contributed by atoms with Gasteiger partial charge in [-0.1, -0.05) is 18.2 Å². The van der Waals surface area contributed by atoms with E-state index in [1.807, 2.05) is 24.3 Å². The van der Waals surface area contributed by atoms with Crippen LogP contribution in [0.4, 0.5) is 0 Å². The maximum absolute atomic E-state index is 12.1. The Bertz CT molecular complexity index is 717. The van der Waals surface area contributed by atoms with Crippen molar-refractivity contribution in [2.75, 3.05) is 6.61 Å². The van der Waals surface area contributed by atoms with Crippen molar-refractivity contribution in [3.8, 4) is 0 Å². The third kappa shape index (κ3) is 2.93. The average Bonchev–Trinajstić information content (AvgIpc) is 2.43. The van der Waals surface area contributed by atoms with Crippen LogP contribution in [0.25, 0.3) is 11.0 Å². The van der Waals surface area contributed by atoms with E-state index in [-0.39, 0.29) is 5.56 Å². The summed E-state index contributed by atoms with van der Waals surface area (Å²) in [4.78, 5) is 27.6. The third-order valence-electron chi connectivity index (χ3n) is 2.84. The van der Waals surface area contributed by atoms with Crippen LogP contribution in [-0.4, -0.2) is 22.1 Å². The van der Waals surface area contributed by atoms with Crippen LogP contribution in [0.2, 0.25) is 0 Å². The topological polar surface area (TPSA) is 61.2 Å². The number of hydrogen-bond donors (Lipinski definition) is 0. The molecule has 0 saturated carbocycles. The summed E-state index contributed by atoms with van der Waals surface area (Å²) in [6.07, 6.45) is 2.95. The smallest absolute Gasteiger partial charge is 0.330 e. The first-order chi connectivity index (χ1) is 9.63. The number of rotatable bonds is 4. The molecule has 0 unspecified atom stereocenters. The fourth-order valence-electron chi connectivity index (χ4n) is 1.95. The summed E-state index contributed by atoms with van der Waals surface area (Å²) in [5.41, 5.74) is 1.79. The lowest BCUT2D eigenvalue weighted by atomic mass is 10.2. The Kier molecular flexibility index (Phi) is 4.30. The van der Waals surface area contributed by atoms with E-state index in [1.165, 1.54) is 6.08 Å². The van der Waals surface area contributed by atoms with Crippen molar-refractivity contribution < 1.29 is 9.53 Å². The quantitative estimate of drug-likeness (QED) is 0.629. The lowest BCUT2D eigenvalue weighted by Gasteiger charge is -2.08. The zero-order valence-electron chi connectivity index (χ0n) is 11.5. The molecule has 5 heteroatoms. The van der Waals surface area contributed by atoms with E-state index in [0.29, 0.717) is 18.8 Å². The van der Waals surface area contributed by atoms with E-state index in [2.05, 4.69) is 4.98 Å². The Balaban J connectivity index is 2.36. The number of benzene rings is 1. The van der Waals surface area contributed by atoms with Gasteiger partial charge in [-0.15, -0.1) is 0 Å². The SMILES string of the molecule is CCOC(=O)/C=C/Cn1c(=O)c(C)nc2ccccc21. The molecule has 0 fully saturated rings. The van der Waals surface area contributed by atoms with Crippen LogP contribution in [0.5, 0.6) is 0 Å². The molecule has 0 aliphatic heterocycles. The van der Waals surface area contributed by atoms with Crippen LogP contribution >= 0.6 is 0 Å². The van der Waals surface area contributed by atoms with Gasteiger partial charge in [-0.05, 0) is 26.0 Å². The number of para-hydroxylation sites is 2. The Morgan fingerprint density at radius 3 is 2.90 bits per heavy atom. The zero-order valence-corrected chi connectivity index (χ0v) is 11.5. The summed E-state index contributed by atoms with van der Waals surface area (Å²) >= 11 is 0. The summed E-state index contributed by atoms with van der Waals surface area (Å²) in [6.45, 7) is 4.07. The molecule has 0 bridgehead atoms. The second-order valence-corrected chi connectivity index (χ2v) is 4.26. The number of aryl methyl sites for hydroxylation is 1. The Labute approximate surface area is 116 Å². The molecule has 0 aliphatic rings. The minimum Gasteiger partial charge on any atom is -0.463 e. The van der Waals surface area contributed by atoms with Crippen molar-refractivity contribution in [2.45, 2.75) is 20.4 Å². The average molecular weight is 272 g/mol. The Morgan fingerprint density at radius 2 is 2.15 bits per heavy atom. The molecule has 0 atom stereocenters. The van der Waals surface area contributed by atoms with Gasteiger partial charge in [0.25, 0.3) is 5.56 Å². The molecule has 0 aliphatic carbocycles. The molecule has 0 saturated heterocycles. The Hall–Kier alpha value is -2.43. The van der Waals surface area contributed by atoms with E-state index in [4.69, 9.17) is 4.74 Å². The van der Waals surface area contributed by atoms with Crippen LogP contribution < -0.4 is 5.56 Å². The number of esters is 1. The van der Waals surface area contributed by atoms with Crippen molar-refractivity contribution >= 4 is 17.0 Å². The van der Waals surface area contributed by atoms with E-state index < -0.39 is 5.97 Å². The van der Waals surface area contributed by atoms with Gasteiger partial charge in [-0.3, -0.25) is 4.79 Å². The van der Waals surface area contributed by atoms with E-state index >= 15 is 0 Å². The normalized spacial score (nSPS) is 11.1. The number of carbonyl (C=O) groups is 1. The van der Waals surface area contributed by atoms with Crippen molar-refractivity contribution in [1.82, 2.24) is 9.55 Å². The predicted octanol–water partition coefficient (Wildman–Crippen LogP) is 1.82. The second-order valence-electron chi connectivity index (χ2n) is 4.26. The summed E-state index contributed by atoms with van der Waals surface area (Å²) in [5.74, 6) is -0.407. The van der Waals surface area contributed by atoms with E-state index in [9.17, 15) is 9.59 Å². The van der Waals surface area contributed by atoms with Gasteiger partial charge in [0.05, 0.1) is 17.6 Å². The van der Waals surface area contributed by atoms with Crippen LogP contribution in [0.15, 0.2) is 41.2 Å². The summed E-state index contributed by atoms with van der Waals surface area (Å²) in [5, 5.41) is 0. The fourth-order valence-corrected chi connectivity index (χ4v) is 1.95. The van der Waals surface area contributed by atoms with Crippen LogP contribution in [0.3, 0.4) is 0 Å². The van der Waals surface area contributed by atoms with Crippen molar-refractivity contribution in [1.29, 1.82) is 0 Å². The molecule has 2 rings (SSSR count). The highest BCUT2D eigenvalue weighted by Gasteiger charge is 2.06. The number of fused-ring (bicyclic) bond motifs is 1. The highest BCUT2D eigenvalue weighted by Crippen LogP contribution is 2.09. The highest BCUT2D eigenvalue weighted by atomic mass is 16.5. The van der Waals surface area contributed by atoms with Gasteiger partial charge in [-0.2, -0.15) is 0 Å². The maximum atomic E-state index is 12.1. The molecule has 1 heterocycles. The minimum absolute atomic E-state index is 0.155. The number of aromatic nitrogens is 2. The number of hydrogen-bond acceptors (Lipinski definition) is 4. The second kappa shape index (κ2) is 6.14. The van der Waals surface area contributed by atoms with Crippen molar-refractivity contribution in [3.05, 3.63) is 52.5 Å². The summed E-state index contributed by atoms with van der Waals surface area (Å²) < 4.78 is 6.39. The predicted molar refractivity (Wildman–Crippen MR) is 76.5 cm³/mol. The largest absolute Gasteiger partial charge is 0.463 e. The van der Waals surface area contributed by atoms with Crippen LogP contribution in [-0.2, 0) is 16.1 Å². The van der Waals surface area contributed by atoms with Crippen LogP contribution in [0, 0.1) is 6.92 Å². The highest BCUT2D eigenvalue weighted by molar-refractivity contribution is 5.81. The molecule has 0 N–H and O–H groups in total. The first-order valence-electron chi connectivity index (χ1n) is 6.43. The first-order valence-corrected chi connectivity index (χ1v) is 6.43. The minimum atomic E-state index is -0.407. The molecule has 0 amide bonds. The van der Waals surface area contributed by atoms with Crippen molar-refractivity contribution in [2.24, 2.45) is 0 Å². The molecule has 5 nitrogen and oxygen atoms in total. The van der Waals surface area contributed by atoms with E-state index in [0.717, 1.165) is 11.0 Å². The molecular formula is C15H16N2O3. The molecule has 1 aromatic carbocycles. The van der Waals surface area contributed by atoms with Gasteiger partial charge in [0.1, 0.15) is 5.69 Å². The molecule has 0 spiro atoms. The maximum Gasteiger partial charge on any atom is 0.330 e. The zero-order chi connectivity index (χ0) is 14.5. The molecule has 1 aromatic heterocycles. The fraction of sp³-hybridized carbons (Fsp3) is 0.267. The Morgan fingerprint density at radius 1 is 1.40 bits per heavy atom.